The zero-order valence-electron chi connectivity index (χ0n) is 18.3. The summed E-state index contributed by atoms with van der Waals surface area (Å²) < 4.78 is 26.4. The minimum Gasteiger partial charge on any atom is -0.339 e. The Hall–Kier alpha value is -3.31. The standard InChI is InChI=1S/C22H26N4O6S/c1-24(33(31,32)18-12-10-17(11-13-18)26(29)30)14-6-9-21(27)23-20-8-3-2-7-19(20)22(28)25-15-4-5-16-25/h2-3,7-8,10-13H,4-6,9,14-16H2,1H3,(H,23,27). The van der Waals surface area contributed by atoms with Gasteiger partial charge in [-0.15, -0.1) is 0 Å². The summed E-state index contributed by atoms with van der Waals surface area (Å²) in [6.45, 7) is 1.49. The van der Waals surface area contributed by atoms with Crippen LogP contribution in [0.4, 0.5) is 11.4 Å². The molecular weight excluding hydrogens is 448 g/mol. The quantitative estimate of drug-likeness (QED) is 0.439. The van der Waals surface area contributed by atoms with Gasteiger partial charge in [-0.2, -0.15) is 0 Å². The summed E-state index contributed by atoms with van der Waals surface area (Å²) in [5.74, 6) is -0.435. The fourth-order valence-corrected chi connectivity index (χ4v) is 4.79. The minimum atomic E-state index is -3.84. The van der Waals surface area contributed by atoms with Crippen molar-refractivity contribution in [3.63, 3.8) is 0 Å². The molecule has 2 amide bonds. The Morgan fingerprint density at radius 1 is 1.09 bits per heavy atom. The lowest BCUT2D eigenvalue weighted by Crippen LogP contribution is -2.29. The summed E-state index contributed by atoms with van der Waals surface area (Å²) in [5.41, 5.74) is 0.675. The number of para-hydroxylation sites is 1. The van der Waals surface area contributed by atoms with Gasteiger partial charge in [0.2, 0.25) is 15.9 Å². The van der Waals surface area contributed by atoms with Crippen LogP contribution < -0.4 is 5.32 Å². The van der Waals surface area contributed by atoms with E-state index in [1.54, 1.807) is 29.2 Å². The summed E-state index contributed by atoms with van der Waals surface area (Å²) in [7, 11) is -2.45. The molecule has 10 nitrogen and oxygen atoms in total. The van der Waals surface area contributed by atoms with Crippen LogP contribution in [0.15, 0.2) is 53.4 Å². The molecule has 2 aromatic rings. The largest absolute Gasteiger partial charge is 0.339 e. The van der Waals surface area contributed by atoms with E-state index in [0.29, 0.717) is 24.3 Å². The summed E-state index contributed by atoms with van der Waals surface area (Å²) >= 11 is 0. The lowest BCUT2D eigenvalue weighted by Gasteiger charge is -2.18. The number of benzene rings is 2. The molecular formula is C22H26N4O6S. The molecule has 0 aromatic heterocycles. The van der Waals surface area contributed by atoms with Crippen LogP contribution in [-0.2, 0) is 14.8 Å². The number of hydrogen-bond acceptors (Lipinski definition) is 6. The van der Waals surface area contributed by atoms with E-state index >= 15 is 0 Å². The van der Waals surface area contributed by atoms with Gasteiger partial charge >= 0.3 is 0 Å². The molecule has 0 atom stereocenters. The number of non-ortho nitro benzene ring substituents is 1. The average molecular weight is 475 g/mol. The van der Waals surface area contributed by atoms with Gasteiger partial charge in [-0.1, -0.05) is 12.1 Å². The van der Waals surface area contributed by atoms with E-state index in [1.807, 2.05) is 0 Å². The molecule has 1 saturated heterocycles. The van der Waals surface area contributed by atoms with Crippen LogP contribution >= 0.6 is 0 Å². The van der Waals surface area contributed by atoms with Crippen LogP contribution in [0, 0.1) is 10.1 Å². The second-order valence-electron chi connectivity index (χ2n) is 7.77. The SMILES string of the molecule is CN(CCCC(=O)Nc1ccccc1C(=O)N1CCCC1)S(=O)(=O)c1ccc([N+](=O)[O-])cc1. The third-order valence-corrected chi connectivity index (χ3v) is 7.33. The number of amides is 2. The first-order chi connectivity index (χ1) is 15.7. The van der Waals surface area contributed by atoms with Gasteiger partial charge in [0.25, 0.3) is 11.6 Å². The predicted molar refractivity (Wildman–Crippen MR) is 122 cm³/mol. The normalized spacial score (nSPS) is 13.8. The van der Waals surface area contributed by atoms with Gasteiger partial charge in [-0.05, 0) is 43.5 Å². The Morgan fingerprint density at radius 3 is 2.36 bits per heavy atom. The third kappa shape index (κ3) is 5.93. The van der Waals surface area contributed by atoms with Crippen molar-refractivity contribution in [1.29, 1.82) is 0 Å². The molecule has 2 aromatic carbocycles. The van der Waals surface area contributed by atoms with Gasteiger partial charge in [0, 0.05) is 45.2 Å². The van der Waals surface area contributed by atoms with E-state index in [1.165, 1.54) is 19.2 Å². The minimum absolute atomic E-state index is 0.0607. The van der Waals surface area contributed by atoms with E-state index in [9.17, 15) is 28.1 Å². The van der Waals surface area contributed by atoms with E-state index in [0.717, 1.165) is 29.3 Å². The number of anilines is 1. The number of likely N-dealkylation sites (tertiary alicyclic amines) is 1. The maximum atomic E-state index is 12.7. The lowest BCUT2D eigenvalue weighted by molar-refractivity contribution is -0.384. The van der Waals surface area contributed by atoms with Crippen LogP contribution in [0.3, 0.4) is 0 Å². The van der Waals surface area contributed by atoms with Crippen LogP contribution in [0.2, 0.25) is 0 Å². The van der Waals surface area contributed by atoms with Crippen molar-refractivity contribution in [1.82, 2.24) is 9.21 Å². The molecule has 0 bridgehead atoms. The third-order valence-electron chi connectivity index (χ3n) is 5.46. The topological polar surface area (TPSA) is 130 Å². The zero-order chi connectivity index (χ0) is 24.0. The molecule has 1 aliphatic rings. The second kappa shape index (κ2) is 10.5. The van der Waals surface area contributed by atoms with E-state index in [-0.39, 0.29) is 41.8 Å². The van der Waals surface area contributed by atoms with Gasteiger partial charge in [-0.25, -0.2) is 12.7 Å². The molecule has 33 heavy (non-hydrogen) atoms. The molecule has 3 rings (SSSR count). The molecule has 0 unspecified atom stereocenters. The molecule has 1 fully saturated rings. The van der Waals surface area contributed by atoms with Crippen molar-refractivity contribution in [2.24, 2.45) is 0 Å². The Kier molecular flexibility index (Phi) is 7.77. The Labute approximate surface area is 192 Å². The highest BCUT2D eigenvalue weighted by Crippen LogP contribution is 2.21. The first kappa shape index (κ1) is 24.3. The Balaban J connectivity index is 1.55. The monoisotopic (exact) mass is 474 g/mol. The summed E-state index contributed by atoms with van der Waals surface area (Å²) in [6.07, 6.45) is 2.26. The molecule has 11 heteroatoms. The van der Waals surface area contributed by atoms with Crippen LogP contribution in [0.5, 0.6) is 0 Å². The van der Waals surface area contributed by atoms with Crippen molar-refractivity contribution >= 4 is 33.2 Å². The van der Waals surface area contributed by atoms with E-state index < -0.39 is 14.9 Å². The number of nitrogens with one attached hydrogen (secondary N) is 1. The highest BCUT2D eigenvalue weighted by molar-refractivity contribution is 7.89. The summed E-state index contributed by atoms with van der Waals surface area (Å²) in [5, 5.41) is 13.5. The zero-order valence-corrected chi connectivity index (χ0v) is 19.1. The van der Waals surface area contributed by atoms with Crippen molar-refractivity contribution in [2.45, 2.75) is 30.6 Å². The molecule has 1 N–H and O–H groups in total. The number of nitro groups is 1. The fraction of sp³-hybridized carbons (Fsp3) is 0.364. The van der Waals surface area contributed by atoms with Crippen LogP contribution in [0.25, 0.3) is 0 Å². The molecule has 1 aliphatic heterocycles. The first-order valence-corrected chi connectivity index (χ1v) is 12.0. The summed E-state index contributed by atoms with van der Waals surface area (Å²) in [6, 6.07) is 11.5. The van der Waals surface area contributed by atoms with Crippen LogP contribution in [-0.4, -0.2) is 61.0 Å². The number of carbonyl (C=O) groups is 2. The average Bonchev–Trinajstić information content (AvgIpc) is 3.34. The van der Waals surface area contributed by atoms with Gasteiger partial charge < -0.3 is 10.2 Å². The molecule has 176 valence electrons. The maximum Gasteiger partial charge on any atom is 0.269 e. The van der Waals surface area contributed by atoms with E-state index in [4.69, 9.17) is 0 Å². The lowest BCUT2D eigenvalue weighted by atomic mass is 10.1. The molecule has 0 saturated carbocycles. The second-order valence-corrected chi connectivity index (χ2v) is 9.82. The van der Waals surface area contributed by atoms with Crippen molar-refractivity contribution in [2.75, 3.05) is 32.0 Å². The maximum absolute atomic E-state index is 12.7. The number of carbonyl (C=O) groups excluding carboxylic acids is 2. The van der Waals surface area contributed by atoms with Crippen molar-refractivity contribution in [3.05, 3.63) is 64.2 Å². The molecule has 0 spiro atoms. The predicted octanol–water partition coefficient (Wildman–Crippen LogP) is 2.87. The number of nitrogens with zero attached hydrogens (tertiary/aromatic N) is 3. The van der Waals surface area contributed by atoms with Gasteiger partial charge in [0.1, 0.15) is 0 Å². The van der Waals surface area contributed by atoms with Gasteiger partial charge in [0.05, 0.1) is 21.1 Å². The van der Waals surface area contributed by atoms with Crippen molar-refractivity contribution in [3.8, 4) is 0 Å². The van der Waals surface area contributed by atoms with E-state index in [2.05, 4.69) is 5.32 Å². The van der Waals surface area contributed by atoms with Crippen molar-refractivity contribution < 1.29 is 22.9 Å². The van der Waals surface area contributed by atoms with Crippen LogP contribution in [0.1, 0.15) is 36.0 Å². The highest BCUT2D eigenvalue weighted by atomic mass is 32.2. The molecule has 1 heterocycles. The molecule has 0 radical (unpaired) electrons. The highest BCUT2D eigenvalue weighted by Gasteiger charge is 2.23. The number of hydrogen-bond donors (Lipinski definition) is 1. The van der Waals surface area contributed by atoms with Gasteiger partial charge in [-0.3, -0.25) is 19.7 Å². The fourth-order valence-electron chi connectivity index (χ4n) is 3.58. The number of sulfonamides is 1. The number of nitro benzene ring substituents is 1. The molecule has 0 aliphatic carbocycles. The number of rotatable bonds is 9. The Morgan fingerprint density at radius 2 is 1.73 bits per heavy atom. The first-order valence-electron chi connectivity index (χ1n) is 10.6. The Bertz CT molecular complexity index is 1130. The summed E-state index contributed by atoms with van der Waals surface area (Å²) in [4.78, 5) is 37.0. The van der Waals surface area contributed by atoms with Gasteiger partial charge in [0.15, 0.2) is 0 Å². The smallest absolute Gasteiger partial charge is 0.269 e.